The lowest BCUT2D eigenvalue weighted by atomic mass is 10.00. The first-order chi connectivity index (χ1) is 25.3. The molecule has 8 aromatic carbocycles. The number of hydrogen-bond donors (Lipinski definition) is 0. The summed E-state index contributed by atoms with van der Waals surface area (Å²) in [6.07, 6.45) is 0. The lowest BCUT2D eigenvalue weighted by Gasteiger charge is -2.26. The van der Waals surface area contributed by atoms with Gasteiger partial charge in [0.2, 0.25) is 0 Å². The fourth-order valence-corrected chi connectivity index (χ4v) is 8.70. The van der Waals surface area contributed by atoms with E-state index in [1.807, 2.05) is 11.3 Å². The van der Waals surface area contributed by atoms with Gasteiger partial charge >= 0.3 is 0 Å². The van der Waals surface area contributed by atoms with Crippen molar-refractivity contribution >= 4 is 70.4 Å². The highest BCUT2D eigenvalue weighted by Crippen LogP contribution is 2.45. The van der Waals surface area contributed by atoms with Crippen LogP contribution in [0.3, 0.4) is 0 Å². The van der Waals surface area contributed by atoms with Gasteiger partial charge in [0.15, 0.2) is 0 Å². The molecule has 0 aliphatic rings. The standard InChI is InChI=1S/C48H32N2S/c1-3-12-33(13-4-1)34-22-24-35(25-23-34)36-26-28-38(29-27-36)49(37-14-5-2-6-15-37)44-19-11-20-45-48(44)41-17-7-9-18-43(41)50(45)39-30-31-47-42(32-39)40-16-8-10-21-46(40)51-47/h1-32H. The lowest BCUT2D eigenvalue weighted by Crippen LogP contribution is -2.10. The molecule has 0 amide bonds. The maximum Gasteiger partial charge on any atom is 0.0562 e. The van der Waals surface area contributed by atoms with Crippen LogP contribution in [0.1, 0.15) is 0 Å². The number of thiophene rings is 1. The summed E-state index contributed by atoms with van der Waals surface area (Å²) < 4.78 is 5.07. The van der Waals surface area contributed by atoms with E-state index in [2.05, 4.69) is 204 Å². The maximum absolute atomic E-state index is 2.44. The van der Waals surface area contributed by atoms with Crippen molar-refractivity contribution in [2.24, 2.45) is 0 Å². The predicted molar refractivity (Wildman–Crippen MR) is 219 cm³/mol. The average Bonchev–Trinajstić information content (AvgIpc) is 3.75. The van der Waals surface area contributed by atoms with Gasteiger partial charge in [-0.15, -0.1) is 11.3 Å². The number of anilines is 3. The molecule has 0 saturated heterocycles. The first-order valence-electron chi connectivity index (χ1n) is 17.4. The highest BCUT2D eigenvalue weighted by atomic mass is 32.1. The Kier molecular flexibility index (Phi) is 7.04. The van der Waals surface area contributed by atoms with Crippen molar-refractivity contribution in [2.75, 3.05) is 4.90 Å². The molecule has 3 heteroatoms. The molecule has 0 fully saturated rings. The summed E-state index contributed by atoms with van der Waals surface area (Å²) in [5, 5.41) is 5.07. The number of aromatic nitrogens is 1. The van der Waals surface area contributed by atoms with Crippen molar-refractivity contribution in [1.82, 2.24) is 4.57 Å². The minimum absolute atomic E-state index is 1.11. The maximum atomic E-state index is 2.44. The third-order valence-electron chi connectivity index (χ3n) is 10.0. The molecule has 10 rings (SSSR count). The van der Waals surface area contributed by atoms with Crippen molar-refractivity contribution in [3.05, 3.63) is 194 Å². The Morgan fingerprint density at radius 2 is 0.922 bits per heavy atom. The van der Waals surface area contributed by atoms with Crippen molar-refractivity contribution in [1.29, 1.82) is 0 Å². The summed E-state index contributed by atoms with van der Waals surface area (Å²) in [5.74, 6) is 0. The van der Waals surface area contributed by atoms with E-state index in [0.717, 1.165) is 17.1 Å². The molecule has 0 aliphatic heterocycles. The highest BCUT2D eigenvalue weighted by Gasteiger charge is 2.21. The van der Waals surface area contributed by atoms with Gasteiger partial charge in [-0.3, -0.25) is 0 Å². The van der Waals surface area contributed by atoms with Gasteiger partial charge in [-0.25, -0.2) is 0 Å². The van der Waals surface area contributed by atoms with Crippen molar-refractivity contribution in [3.63, 3.8) is 0 Å². The first kappa shape index (κ1) is 29.5. The Hall–Kier alpha value is -6.42. The third kappa shape index (κ3) is 5.01. The zero-order valence-corrected chi connectivity index (χ0v) is 28.6. The third-order valence-corrected chi connectivity index (χ3v) is 11.2. The molecule has 0 aliphatic carbocycles. The number of fused-ring (bicyclic) bond motifs is 6. The van der Waals surface area contributed by atoms with Crippen LogP contribution in [0.2, 0.25) is 0 Å². The van der Waals surface area contributed by atoms with Gasteiger partial charge in [-0.05, 0) is 89.0 Å². The van der Waals surface area contributed by atoms with Gasteiger partial charge in [0.25, 0.3) is 0 Å². The molecule has 0 bridgehead atoms. The summed E-state index contributed by atoms with van der Waals surface area (Å²) in [5.41, 5.74) is 11.8. The fourth-order valence-electron chi connectivity index (χ4n) is 7.61. The number of rotatable bonds is 6. The van der Waals surface area contributed by atoms with E-state index in [1.165, 1.54) is 69.9 Å². The second kappa shape index (κ2) is 12.2. The van der Waals surface area contributed by atoms with E-state index in [4.69, 9.17) is 0 Å². The summed E-state index contributed by atoms with van der Waals surface area (Å²) >= 11 is 1.86. The highest BCUT2D eigenvalue weighted by molar-refractivity contribution is 7.25. The number of benzene rings is 8. The molecule has 0 unspecified atom stereocenters. The normalized spacial score (nSPS) is 11.5. The molecular weight excluding hydrogens is 637 g/mol. The van der Waals surface area contributed by atoms with Crippen molar-refractivity contribution in [2.45, 2.75) is 0 Å². The Labute approximate surface area is 300 Å². The van der Waals surface area contributed by atoms with Gasteiger partial charge in [0, 0.05) is 48.0 Å². The van der Waals surface area contributed by atoms with E-state index in [-0.39, 0.29) is 0 Å². The Morgan fingerprint density at radius 1 is 0.373 bits per heavy atom. The Balaban J connectivity index is 1.12. The molecule has 0 saturated carbocycles. The molecular formula is C48H32N2S. The molecule has 2 aromatic heterocycles. The van der Waals surface area contributed by atoms with E-state index < -0.39 is 0 Å². The van der Waals surface area contributed by atoms with Crippen LogP contribution >= 0.6 is 11.3 Å². The topological polar surface area (TPSA) is 8.17 Å². The zero-order chi connectivity index (χ0) is 33.7. The molecule has 0 radical (unpaired) electrons. The zero-order valence-electron chi connectivity index (χ0n) is 27.8. The first-order valence-corrected chi connectivity index (χ1v) is 18.2. The van der Waals surface area contributed by atoms with Crippen LogP contribution in [0.15, 0.2) is 194 Å². The van der Waals surface area contributed by atoms with Crippen LogP contribution in [0.25, 0.3) is 69.9 Å². The van der Waals surface area contributed by atoms with Crippen molar-refractivity contribution < 1.29 is 0 Å². The van der Waals surface area contributed by atoms with Crippen LogP contribution in [0.5, 0.6) is 0 Å². The molecule has 0 spiro atoms. The predicted octanol–water partition coefficient (Wildman–Crippen LogP) is 14.0. The average molecular weight is 669 g/mol. The van der Waals surface area contributed by atoms with Crippen LogP contribution in [-0.4, -0.2) is 4.57 Å². The van der Waals surface area contributed by atoms with Crippen LogP contribution in [0.4, 0.5) is 17.1 Å². The summed E-state index contributed by atoms with van der Waals surface area (Å²) in [6.45, 7) is 0. The number of nitrogens with zero attached hydrogens (tertiary/aromatic N) is 2. The smallest absolute Gasteiger partial charge is 0.0562 e. The van der Waals surface area contributed by atoms with Gasteiger partial charge in [0.1, 0.15) is 0 Å². The summed E-state index contributed by atoms with van der Waals surface area (Å²) in [4.78, 5) is 2.40. The van der Waals surface area contributed by atoms with Crippen molar-refractivity contribution in [3.8, 4) is 27.9 Å². The second-order valence-corrected chi connectivity index (χ2v) is 14.0. The quantitative estimate of drug-likeness (QED) is 0.171. The molecule has 0 atom stereocenters. The molecule has 10 aromatic rings. The Morgan fingerprint density at radius 3 is 1.67 bits per heavy atom. The molecule has 2 nitrogen and oxygen atoms in total. The summed E-state index contributed by atoms with van der Waals surface area (Å²) in [6, 6.07) is 70.3. The van der Waals surface area contributed by atoms with Gasteiger partial charge in [0.05, 0.1) is 16.7 Å². The van der Waals surface area contributed by atoms with Gasteiger partial charge < -0.3 is 9.47 Å². The number of para-hydroxylation sites is 2. The van der Waals surface area contributed by atoms with E-state index >= 15 is 0 Å². The molecule has 0 N–H and O–H groups in total. The monoisotopic (exact) mass is 668 g/mol. The van der Waals surface area contributed by atoms with Gasteiger partial charge in [-0.2, -0.15) is 0 Å². The lowest BCUT2D eigenvalue weighted by molar-refractivity contribution is 1.19. The van der Waals surface area contributed by atoms with Crippen LogP contribution in [0, 0.1) is 0 Å². The largest absolute Gasteiger partial charge is 0.310 e. The van der Waals surface area contributed by atoms with Gasteiger partial charge in [-0.1, -0.05) is 127 Å². The fraction of sp³-hybridized carbons (Fsp3) is 0. The van der Waals surface area contributed by atoms with Crippen LogP contribution < -0.4 is 4.90 Å². The molecule has 51 heavy (non-hydrogen) atoms. The second-order valence-electron chi connectivity index (χ2n) is 13.0. The number of hydrogen-bond acceptors (Lipinski definition) is 2. The minimum Gasteiger partial charge on any atom is -0.310 e. The SMILES string of the molecule is c1ccc(-c2ccc(-c3ccc(N(c4ccccc4)c4cccc5c4c4ccccc4n5-c4ccc5sc6ccccc6c5c4)cc3)cc2)cc1. The van der Waals surface area contributed by atoms with Crippen LogP contribution in [-0.2, 0) is 0 Å². The Bertz CT molecular complexity index is 2830. The minimum atomic E-state index is 1.11. The molecule has 2 heterocycles. The molecule has 240 valence electrons. The van der Waals surface area contributed by atoms with E-state index in [1.54, 1.807) is 0 Å². The summed E-state index contributed by atoms with van der Waals surface area (Å²) in [7, 11) is 0. The van der Waals surface area contributed by atoms with E-state index in [0.29, 0.717) is 0 Å². The van der Waals surface area contributed by atoms with E-state index in [9.17, 15) is 0 Å².